The first-order valence-corrected chi connectivity index (χ1v) is 6.79. The van der Waals surface area contributed by atoms with E-state index in [2.05, 4.69) is 32.4 Å². The largest absolute Gasteiger partial charge is 0.394 e. The number of likely N-dealkylation sites (N-methyl/N-ethyl adjacent to an activating group) is 1. The van der Waals surface area contributed by atoms with Crippen LogP contribution in [0.25, 0.3) is 11.0 Å². The Bertz CT molecular complexity index is 579. The number of aromatic nitrogens is 4. The quantitative estimate of drug-likeness (QED) is 0.739. The van der Waals surface area contributed by atoms with E-state index in [1.807, 2.05) is 25.8 Å². The van der Waals surface area contributed by atoms with Gasteiger partial charge in [-0.05, 0) is 20.3 Å². The lowest BCUT2D eigenvalue weighted by atomic mass is 10.1. The van der Waals surface area contributed by atoms with Crippen LogP contribution in [0.15, 0.2) is 6.20 Å². The molecule has 2 aromatic rings. The zero-order valence-corrected chi connectivity index (χ0v) is 12.4. The summed E-state index contributed by atoms with van der Waals surface area (Å²) < 4.78 is 0. The predicted molar refractivity (Wildman–Crippen MR) is 80.0 cm³/mol. The lowest BCUT2D eigenvalue weighted by molar-refractivity contribution is 0.216. The smallest absolute Gasteiger partial charge is 0.226 e. The van der Waals surface area contributed by atoms with E-state index in [1.165, 1.54) is 0 Å². The van der Waals surface area contributed by atoms with Crippen molar-refractivity contribution in [3.63, 3.8) is 0 Å². The lowest BCUT2D eigenvalue weighted by Crippen LogP contribution is -2.45. The van der Waals surface area contributed by atoms with Gasteiger partial charge >= 0.3 is 0 Å². The third-order valence-corrected chi connectivity index (χ3v) is 3.44. The molecule has 0 aliphatic heterocycles. The molecule has 2 rings (SSSR count). The number of rotatable bonds is 6. The third-order valence-electron chi connectivity index (χ3n) is 3.44. The Morgan fingerprint density at radius 3 is 2.80 bits per heavy atom. The van der Waals surface area contributed by atoms with Crippen molar-refractivity contribution in [2.75, 3.05) is 30.4 Å². The highest BCUT2D eigenvalue weighted by Crippen LogP contribution is 2.27. The molecule has 7 nitrogen and oxygen atoms in total. The molecule has 2 heterocycles. The van der Waals surface area contributed by atoms with Gasteiger partial charge in [0, 0.05) is 13.6 Å². The molecule has 0 saturated carbocycles. The number of aliphatic hydroxyl groups excluding tert-OH is 1. The number of hydrogen-bond acceptors (Lipinski definition) is 6. The fraction of sp³-hybridized carbons (Fsp3) is 0.615. The van der Waals surface area contributed by atoms with Crippen LogP contribution in [-0.2, 0) is 0 Å². The first-order valence-electron chi connectivity index (χ1n) is 6.79. The van der Waals surface area contributed by atoms with Crippen molar-refractivity contribution in [3.8, 4) is 0 Å². The van der Waals surface area contributed by atoms with Crippen molar-refractivity contribution in [1.29, 1.82) is 0 Å². The van der Waals surface area contributed by atoms with Gasteiger partial charge in [0.1, 0.15) is 5.82 Å². The Morgan fingerprint density at radius 1 is 1.40 bits per heavy atom. The van der Waals surface area contributed by atoms with E-state index in [0.29, 0.717) is 11.6 Å². The van der Waals surface area contributed by atoms with E-state index in [1.54, 1.807) is 6.20 Å². The Labute approximate surface area is 118 Å². The Hall–Kier alpha value is -1.89. The first-order chi connectivity index (χ1) is 9.49. The van der Waals surface area contributed by atoms with Gasteiger partial charge in [0.15, 0.2) is 5.65 Å². The van der Waals surface area contributed by atoms with Gasteiger partial charge in [-0.15, -0.1) is 0 Å². The molecule has 0 aromatic carbocycles. The van der Waals surface area contributed by atoms with Crippen LogP contribution in [0.2, 0.25) is 0 Å². The molecule has 0 fully saturated rings. The van der Waals surface area contributed by atoms with E-state index < -0.39 is 5.54 Å². The second-order valence-corrected chi connectivity index (χ2v) is 5.46. The van der Waals surface area contributed by atoms with E-state index in [9.17, 15) is 5.11 Å². The number of aliphatic hydroxyl groups is 1. The predicted octanol–water partition coefficient (Wildman–Crippen LogP) is 1.38. The van der Waals surface area contributed by atoms with Crippen LogP contribution in [0.4, 0.5) is 11.8 Å². The first kappa shape index (κ1) is 14.5. The summed E-state index contributed by atoms with van der Waals surface area (Å²) in [6.07, 6.45) is 2.70. The molecular formula is C13H22N6O. The molecule has 3 N–H and O–H groups in total. The van der Waals surface area contributed by atoms with Crippen LogP contribution in [0.5, 0.6) is 0 Å². The van der Waals surface area contributed by atoms with Gasteiger partial charge in [0.2, 0.25) is 5.95 Å². The Morgan fingerprint density at radius 2 is 2.15 bits per heavy atom. The second kappa shape index (κ2) is 5.62. The topological polar surface area (TPSA) is 90.0 Å². The second-order valence-electron chi connectivity index (χ2n) is 5.46. The number of nitrogens with zero attached hydrogens (tertiary/aromatic N) is 4. The van der Waals surface area contributed by atoms with Gasteiger partial charge in [-0.1, -0.05) is 6.92 Å². The Kier molecular flexibility index (Phi) is 4.08. The standard InChI is InChI=1S/C13H22N6O/c1-5-6-14-12-16-10-9(7-15-18-10)11(17-12)19(4)13(2,3)8-20/h7,20H,5-6,8H2,1-4H3,(H2,14,15,16,17,18). The average Bonchev–Trinajstić information content (AvgIpc) is 2.91. The van der Waals surface area contributed by atoms with Crippen molar-refractivity contribution >= 4 is 22.8 Å². The van der Waals surface area contributed by atoms with Crippen LogP contribution < -0.4 is 10.2 Å². The van der Waals surface area contributed by atoms with Gasteiger partial charge in [-0.3, -0.25) is 5.10 Å². The minimum Gasteiger partial charge on any atom is -0.394 e. The van der Waals surface area contributed by atoms with Gasteiger partial charge in [-0.2, -0.15) is 15.1 Å². The average molecular weight is 278 g/mol. The molecule has 0 saturated heterocycles. The van der Waals surface area contributed by atoms with Crippen molar-refractivity contribution in [3.05, 3.63) is 6.20 Å². The van der Waals surface area contributed by atoms with Crippen molar-refractivity contribution in [2.45, 2.75) is 32.7 Å². The number of hydrogen-bond donors (Lipinski definition) is 3. The maximum absolute atomic E-state index is 9.54. The van der Waals surface area contributed by atoms with Gasteiger partial charge in [0.25, 0.3) is 0 Å². The summed E-state index contributed by atoms with van der Waals surface area (Å²) in [6, 6.07) is 0. The molecule has 110 valence electrons. The van der Waals surface area contributed by atoms with Gasteiger partial charge in [0.05, 0.1) is 23.7 Å². The van der Waals surface area contributed by atoms with Crippen molar-refractivity contribution in [1.82, 2.24) is 20.2 Å². The Balaban J connectivity index is 2.47. The highest BCUT2D eigenvalue weighted by Gasteiger charge is 2.26. The molecule has 0 atom stereocenters. The van der Waals surface area contributed by atoms with Crippen LogP contribution in [-0.4, -0.2) is 51.0 Å². The third kappa shape index (κ3) is 2.67. The minimum atomic E-state index is -0.416. The zero-order chi connectivity index (χ0) is 14.8. The van der Waals surface area contributed by atoms with Gasteiger partial charge < -0.3 is 15.3 Å². The summed E-state index contributed by atoms with van der Waals surface area (Å²) in [5.74, 6) is 1.32. The van der Waals surface area contributed by atoms with E-state index in [0.717, 1.165) is 24.2 Å². The number of aromatic amines is 1. The molecular weight excluding hydrogens is 256 g/mol. The fourth-order valence-corrected chi connectivity index (χ4v) is 1.78. The molecule has 20 heavy (non-hydrogen) atoms. The summed E-state index contributed by atoms with van der Waals surface area (Å²) in [5.41, 5.74) is 0.273. The highest BCUT2D eigenvalue weighted by atomic mass is 16.3. The monoisotopic (exact) mass is 278 g/mol. The molecule has 0 amide bonds. The van der Waals surface area contributed by atoms with Crippen LogP contribution in [0.1, 0.15) is 27.2 Å². The van der Waals surface area contributed by atoms with E-state index in [-0.39, 0.29) is 6.61 Å². The summed E-state index contributed by atoms with van der Waals surface area (Å²) in [5, 5.41) is 20.5. The maximum atomic E-state index is 9.54. The molecule has 2 aromatic heterocycles. The number of H-pyrrole nitrogens is 1. The molecule has 0 spiro atoms. The molecule has 0 aliphatic carbocycles. The van der Waals surface area contributed by atoms with Crippen LogP contribution in [0.3, 0.4) is 0 Å². The SMILES string of the molecule is CCCNc1nc(N(C)C(C)(C)CO)c2cn[nH]c2n1. The fourth-order valence-electron chi connectivity index (χ4n) is 1.78. The van der Waals surface area contributed by atoms with Crippen LogP contribution >= 0.6 is 0 Å². The summed E-state index contributed by atoms with van der Waals surface area (Å²) in [7, 11) is 1.91. The van der Waals surface area contributed by atoms with Crippen molar-refractivity contribution < 1.29 is 5.11 Å². The number of fused-ring (bicyclic) bond motifs is 1. The van der Waals surface area contributed by atoms with Crippen molar-refractivity contribution in [2.24, 2.45) is 0 Å². The lowest BCUT2D eigenvalue weighted by Gasteiger charge is -2.35. The number of nitrogens with one attached hydrogen (secondary N) is 2. The minimum absolute atomic E-state index is 0.0323. The number of anilines is 2. The summed E-state index contributed by atoms with van der Waals surface area (Å²) >= 11 is 0. The summed E-state index contributed by atoms with van der Waals surface area (Å²) in [4.78, 5) is 10.9. The van der Waals surface area contributed by atoms with E-state index >= 15 is 0 Å². The zero-order valence-electron chi connectivity index (χ0n) is 12.4. The maximum Gasteiger partial charge on any atom is 0.226 e. The normalized spacial score (nSPS) is 11.8. The summed E-state index contributed by atoms with van der Waals surface area (Å²) in [6.45, 7) is 6.85. The molecule has 0 radical (unpaired) electrons. The molecule has 0 unspecified atom stereocenters. The molecule has 0 bridgehead atoms. The van der Waals surface area contributed by atoms with Gasteiger partial charge in [-0.25, -0.2) is 0 Å². The molecule has 7 heteroatoms. The molecule has 0 aliphatic rings. The van der Waals surface area contributed by atoms with Crippen LogP contribution in [0, 0.1) is 0 Å². The van der Waals surface area contributed by atoms with E-state index in [4.69, 9.17) is 0 Å². The highest BCUT2D eigenvalue weighted by molar-refractivity contribution is 5.87.